The topological polar surface area (TPSA) is 82.2 Å². The van der Waals surface area contributed by atoms with Gasteiger partial charge in [0.15, 0.2) is 0 Å². The molecular weight excluding hydrogens is 451 g/mol. The van der Waals surface area contributed by atoms with E-state index in [1.807, 2.05) is 32.6 Å². The molecule has 3 amide bonds. The number of nitrogens with zero attached hydrogens (tertiary/aromatic N) is 3. The molecule has 2 aliphatic rings. The summed E-state index contributed by atoms with van der Waals surface area (Å²) in [7, 11) is 0. The van der Waals surface area contributed by atoms with Crippen molar-refractivity contribution in [2.75, 3.05) is 39.3 Å². The molecule has 1 fully saturated rings. The summed E-state index contributed by atoms with van der Waals surface area (Å²) >= 11 is 0. The van der Waals surface area contributed by atoms with Gasteiger partial charge in [0, 0.05) is 56.4 Å². The Labute approximate surface area is 207 Å². The van der Waals surface area contributed by atoms with E-state index in [1.165, 1.54) is 11.0 Å². The minimum absolute atomic E-state index is 0.00324. The average molecular weight is 489 g/mol. The van der Waals surface area contributed by atoms with E-state index in [0.717, 1.165) is 0 Å². The molecule has 35 heavy (non-hydrogen) atoms. The molecule has 2 aliphatic heterocycles. The van der Waals surface area contributed by atoms with Gasteiger partial charge in [0.05, 0.1) is 18.2 Å². The molecule has 0 spiro atoms. The molecule has 0 saturated carbocycles. The van der Waals surface area contributed by atoms with Crippen LogP contribution in [0.1, 0.15) is 52.6 Å². The predicted molar refractivity (Wildman–Crippen MR) is 131 cm³/mol. The number of urea groups is 1. The van der Waals surface area contributed by atoms with Crippen LogP contribution in [-0.2, 0) is 14.3 Å². The quantitative estimate of drug-likeness (QED) is 0.568. The minimum atomic E-state index is -0.952. The molecule has 8 nitrogen and oxygen atoms in total. The Bertz CT molecular complexity index is 980. The molecule has 0 radical (unpaired) electrons. The Morgan fingerprint density at radius 2 is 1.91 bits per heavy atom. The second kappa shape index (κ2) is 11.7. The van der Waals surface area contributed by atoms with Crippen LogP contribution in [0.4, 0.5) is 9.18 Å². The van der Waals surface area contributed by atoms with Gasteiger partial charge in [-0.15, -0.1) is 0 Å². The number of esters is 1. The summed E-state index contributed by atoms with van der Waals surface area (Å²) in [5, 5.41) is 2.80. The lowest BCUT2D eigenvalue weighted by atomic mass is 9.93. The SMILES string of the molecule is CCOC(=O)C1=C(CN2CCN(C(=O)CC(C)C)[C@@H](C)C2)N(CC)C(=O)N[C@H]1c1ccccc1F. The van der Waals surface area contributed by atoms with Gasteiger partial charge < -0.3 is 15.0 Å². The molecule has 0 unspecified atom stereocenters. The summed E-state index contributed by atoms with van der Waals surface area (Å²) in [6, 6.07) is 4.78. The fraction of sp³-hybridized carbons (Fsp3) is 0.577. The van der Waals surface area contributed by atoms with Crippen molar-refractivity contribution < 1.29 is 23.5 Å². The number of nitrogens with one attached hydrogen (secondary N) is 1. The molecule has 0 bridgehead atoms. The zero-order chi connectivity index (χ0) is 25.7. The lowest BCUT2D eigenvalue weighted by Crippen LogP contribution is -2.56. The summed E-state index contributed by atoms with van der Waals surface area (Å²) in [4.78, 5) is 44.4. The van der Waals surface area contributed by atoms with Crippen LogP contribution >= 0.6 is 0 Å². The average Bonchev–Trinajstić information content (AvgIpc) is 2.79. The number of amides is 3. The van der Waals surface area contributed by atoms with Crippen molar-refractivity contribution in [1.29, 1.82) is 0 Å². The van der Waals surface area contributed by atoms with Gasteiger partial charge >= 0.3 is 12.0 Å². The summed E-state index contributed by atoms with van der Waals surface area (Å²) in [5.74, 6) is -0.646. The van der Waals surface area contributed by atoms with Gasteiger partial charge in [-0.3, -0.25) is 14.6 Å². The van der Waals surface area contributed by atoms with Crippen LogP contribution in [0.25, 0.3) is 0 Å². The third kappa shape index (κ3) is 6.01. The molecule has 3 rings (SSSR count). The molecular formula is C26H37FN4O4. The third-order valence-corrected chi connectivity index (χ3v) is 6.45. The first-order chi connectivity index (χ1) is 16.7. The van der Waals surface area contributed by atoms with E-state index in [0.29, 0.717) is 50.8 Å². The maximum atomic E-state index is 14.8. The van der Waals surface area contributed by atoms with E-state index >= 15 is 0 Å². The highest BCUT2D eigenvalue weighted by Crippen LogP contribution is 2.33. The maximum Gasteiger partial charge on any atom is 0.338 e. The van der Waals surface area contributed by atoms with Gasteiger partial charge in [-0.2, -0.15) is 0 Å². The molecule has 1 N–H and O–H groups in total. The molecule has 192 valence electrons. The Balaban J connectivity index is 1.95. The van der Waals surface area contributed by atoms with Crippen LogP contribution in [0, 0.1) is 11.7 Å². The second-order valence-corrected chi connectivity index (χ2v) is 9.50. The second-order valence-electron chi connectivity index (χ2n) is 9.50. The first-order valence-electron chi connectivity index (χ1n) is 12.4. The number of hydrogen-bond donors (Lipinski definition) is 1. The van der Waals surface area contributed by atoms with E-state index in [9.17, 15) is 18.8 Å². The number of hydrogen-bond acceptors (Lipinski definition) is 5. The number of benzene rings is 1. The Kier molecular flexibility index (Phi) is 8.88. The summed E-state index contributed by atoms with van der Waals surface area (Å²) < 4.78 is 20.1. The fourth-order valence-electron chi connectivity index (χ4n) is 4.83. The highest BCUT2D eigenvalue weighted by atomic mass is 19.1. The summed E-state index contributed by atoms with van der Waals surface area (Å²) in [5.41, 5.74) is 0.969. The Morgan fingerprint density at radius 1 is 1.20 bits per heavy atom. The predicted octanol–water partition coefficient (Wildman–Crippen LogP) is 3.31. The van der Waals surface area contributed by atoms with Crippen molar-refractivity contribution in [3.63, 3.8) is 0 Å². The van der Waals surface area contributed by atoms with Crippen molar-refractivity contribution >= 4 is 17.9 Å². The molecule has 2 heterocycles. The fourth-order valence-corrected chi connectivity index (χ4v) is 4.83. The monoisotopic (exact) mass is 488 g/mol. The highest BCUT2D eigenvalue weighted by molar-refractivity contribution is 5.95. The van der Waals surface area contributed by atoms with Crippen molar-refractivity contribution in [1.82, 2.24) is 20.0 Å². The largest absolute Gasteiger partial charge is 0.463 e. The van der Waals surface area contributed by atoms with E-state index in [2.05, 4.69) is 10.2 Å². The van der Waals surface area contributed by atoms with E-state index in [-0.39, 0.29) is 35.7 Å². The van der Waals surface area contributed by atoms with Crippen LogP contribution in [0.3, 0.4) is 0 Å². The maximum absolute atomic E-state index is 14.8. The number of likely N-dealkylation sites (N-methyl/N-ethyl adjacent to an activating group) is 1. The zero-order valence-corrected chi connectivity index (χ0v) is 21.3. The van der Waals surface area contributed by atoms with Gasteiger partial charge in [0.2, 0.25) is 5.91 Å². The normalized spacial score (nSPS) is 21.4. The van der Waals surface area contributed by atoms with Gasteiger partial charge in [-0.25, -0.2) is 14.0 Å². The van der Waals surface area contributed by atoms with Crippen molar-refractivity contribution in [2.45, 2.75) is 53.1 Å². The van der Waals surface area contributed by atoms with Crippen LogP contribution in [0.15, 0.2) is 35.5 Å². The van der Waals surface area contributed by atoms with Gasteiger partial charge in [-0.05, 0) is 32.8 Å². The highest BCUT2D eigenvalue weighted by Gasteiger charge is 2.40. The molecule has 9 heteroatoms. The number of halogens is 1. The molecule has 2 atom stereocenters. The first kappa shape index (κ1) is 26.7. The summed E-state index contributed by atoms with van der Waals surface area (Å²) in [6.07, 6.45) is 0.511. The van der Waals surface area contributed by atoms with Gasteiger partial charge in [0.25, 0.3) is 0 Å². The van der Waals surface area contributed by atoms with Crippen LogP contribution in [0.2, 0.25) is 0 Å². The first-order valence-corrected chi connectivity index (χ1v) is 12.4. The van der Waals surface area contributed by atoms with Crippen molar-refractivity contribution in [3.8, 4) is 0 Å². The van der Waals surface area contributed by atoms with E-state index in [1.54, 1.807) is 25.1 Å². The lowest BCUT2D eigenvalue weighted by Gasteiger charge is -2.43. The number of rotatable bonds is 8. The molecule has 0 aromatic heterocycles. The molecule has 0 aliphatic carbocycles. The van der Waals surface area contributed by atoms with Crippen LogP contribution in [0.5, 0.6) is 0 Å². The zero-order valence-electron chi connectivity index (χ0n) is 21.3. The van der Waals surface area contributed by atoms with E-state index < -0.39 is 17.8 Å². The van der Waals surface area contributed by atoms with Crippen LogP contribution < -0.4 is 5.32 Å². The molecule has 1 saturated heterocycles. The number of carbonyl (C=O) groups excluding carboxylic acids is 3. The molecule has 1 aromatic carbocycles. The third-order valence-electron chi connectivity index (χ3n) is 6.45. The van der Waals surface area contributed by atoms with E-state index in [4.69, 9.17) is 4.74 Å². The Hall–Kier alpha value is -2.94. The number of ether oxygens (including phenoxy) is 1. The van der Waals surface area contributed by atoms with Crippen LogP contribution in [-0.4, -0.2) is 78.0 Å². The van der Waals surface area contributed by atoms with Crippen molar-refractivity contribution in [2.24, 2.45) is 5.92 Å². The lowest BCUT2D eigenvalue weighted by molar-refractivity contribution is -0.139. The van der Waals surface area contributed by atoms with Crippen molar-refractivity contribution in [3.05, 3.63) is 46.9 Å². The molecule has 1 aromatic rings. The Morgan fingerprint density at radius 3 is 2.51 bits per heavy atom. The standard InChI is InChI=1S/C26H37FN4O4/c1-6-30-21(16-29-12-13-31(18(5)15-29)22(32)14-17(3)4)23(25(33)35-7-2)24(28-26(30)34)19-10-8-9-11-20(19)27/h8-11,17-18,24H,6-7,12-16H2,1-5H3,(H,28,34)/t18-,24-/m0/s1. The smallest absolute Gasteiger partial charge is 0.338 e. The van der Waals surface area contributed by atoms with Gasteiger partial charge in [-0.1, -0.05) is 32.0 Å². The van der Waals surface area contributed by atoms with Gasteiger partial charge in [0.1, 0.15) is 5.82 Å². The minimum Gasteiger partial charge on any atom is -0.463 e. The number of piperazine rings is 1. The number of carbonyl (C=O) groups is 3. The summed E-state index contributed by atoms with van der Waals surface area (Å²) in [6.45, 7) is 12.2.